The summed E-state index contributed by atoms with van der Waals surface area (Å²) >= 11 is 0. The van der Waals surface area contributed by atoms with Crippen LogP contribution < -0.4 is 5.46 Å². The van der Waals surface area contributed by atoms with E-state index in [4.69, 9.17) is 7.85 Å². The highest BCUT2D eigenvalue weighted by Crippen LogP contribution is 2.23. The summed E-state index contributed by atoms with van der Waals surface area (Å²) in [6.45, 7) is 0. The maximum absolute atomic E-state index is 5.85. The van der Waals surface area contributed by atoms with Gasteiger partial charge in [0.2, 0.25) is 0 Å². The van der Waals surface area contributed by atoms with Gasteiger partial charge in [0.15, 0.2) is 0 Å². The SMILES string of the molecule is [B]c1ccc2c(ccn2-c2ccc(-c3ccccc3)cc2)c1. The first-order valence-corrected chi connectivity index (χ1v) is 7.34. The van der Waals surface area contributed by atoms with Crippen molar-refractivity contribution in [2.45, 2.75) is 0 Å². The molecule has 0 aliphatic rings. The number of benzene rings is 3. The summed E-state index contributed by atoms with van der Waals surface area (Å²) < 4.78 is 2.18. The molecule has 1 aromatic heterocycles. The van der Waals surface area contributed by atoms with E-state index >= 15 is 0 Å². The number of fused-ring (bicyclic) bond motifs is 1. The van der Waals surface area contributed by atoms with E-state index in [-0.39, 0.29) is 0 Å². The van der Waals surface area contributed by atoms with Gasteiger partial charge < -0.3 is 4.57 Å². The minimum absolute atomic E-state index is 0.796. The van der Waals surface area contributed by atoms with Crippen LogP contribution in [0.4, 0.5) is 0 Å². The highest BCUT2D eigenvalue weighted by molar-refractivity contribution is 6.33. The lowest BCUT2D eigenvalue weighted by atomic mass is 9.95. The quantitative estimate of drug-likeness (QED) is 0.487. The summed E-state index contributed by atoms with van der Waals surface area (Å²) in [4.78, 5) is 0. The lowest BCUT2D eigenvalue weighted by Gasteiger charge is -2.08. The Bertz CT molecular complexity index is 921. The van der Waals surface area contributed by atoms with Crippen molar-refractivity contribution < 1.29 is 0 Å². The predicted molar refractivity (Wildman–Crippen MR) is 94.1 cm³/mol. The third kappa shape index (κ3) is 2.23. The van der Waals surface area contributed by atoms with Crippen molar-refractivity contribution in [1.29, 1.82) is 0 Å². The summed E-state index contributed by atoms with van der Waals surface area (Å²) in [5, 5.41) is 1.16. The molecule has 4 rings (SSSR count). The van der Waals surface area contributed by atoms with E-state index in [9.17, 15) is 0 Å². The van der Waals surface area contributed by atoms with Crippen LogP contribution >= 0.6 is 0 Å². The van der Waals surface area contributed by atoms with Crippen molar-refractivity contribution >= 4 is 24.2 Å². The van der Waals surface area contributed by atoms with E-state index in [2.05, 4.69) is 71.4 Å². The van der Waals surface area contributed by atoms with Crippen molar-refractivity contribution in [3.8, 4) is 16.8 Å². The van der Waals surface area contributed by atoms with Crippen LogP contribution in [0.1, 0.15) is 0 Å². The number of nitrogens with zero attached hydrogens (tertiary/aromatic N) is 1. The average molecular weight is 279 g/mol. The van der Waals surface area contributed by atoms with Crippen molar-refractivity contribution in [3.63, 3.8) is 0 Å². The highest BCUT2D eigenvalue weighted by atomic mass is 15.0. The minimum Gasteiger partial charge on any atom is -0.317 e. The van der Waals surface area contributed by atoms with Gasteiger partial charge in [0.1, 0.15) is 7.85 Å². The Balaban J connectivity index is 1.76. The first kappa shape index (κ1) is 13.0. The molecule has 0 saturated heterocycles. The second kappa shape index (κ2) is 5.23. The van der Waals surface area contributed by atoms with Crippen LogP contribution in [0.3, 0.4) is 0 Å². The molecular weight excluding hydrogens is 265 g/mol. The Morgan fingerprint density at radius 2 is 1.41 bits per heavy atom. The third-order valence-electron chi connectivity index (χ3n) is 3.97. The standard InChI is InChI=1S/C20H14BN/c21-18-8-11-20-17(14-18)12-13-22(20)19-9-6-16(7-10-19)15-4-2-1-3-5-15/h1-14H. The van der Waals surface area contributed by atoms with Gasteiger partial charge in [-0.2, -0.15) is 0 Å². The van der Waals surface area contributed by atoms with Crippen molar-refractivity contribution in [2.75, 3.05) is 0 Å². The van der Waals surface area contributed by atoms with E-state index < -0.39 is 0 Å². The van der Waals surface area contributed by atoms with Gasteiger partial charge in [0.25, 0.3) is 0 Å². The van der Waals surface area contributed by atoms with Crippen molar-refractivity contribution in [3.05, 3.63) is 85.1 Å². The summed E-state index contributed by atoms with van der Waals surface area (Å²) in [6, 6.07) is 27.1. The highest BCUT2D eigenvalue weighted by Gasteiger charge is 2.04. The zero-order chi connectivity index (χ0) is 14.9. The zero-order valence-corrected chi connectivity index (χ0v) is 12.1. The molecule has 0 spiro atoms. The summed E-state index contributed by atoms with van der Waals surface area (Å²) in [7, 11) is 5.85. The van der Waals surface area contributed by atoms with Gasteiger partial charge in [-0.3, -0.25) is 0 Å². The molecule has 102 valence electrons. The van der Waals surface area contributed by atoms with Crippen molar-refractivity contribution in [2.24, 2.45) is 0 Å². The van der Waals surface area contributed by atoms with Crippen LogP contribution in [0.2, 0.25) is 0 Å². The first-order valence-electron chi connectivity index (χ1n) is 7.34. The maximum atomic E-state index is 5.85. The van der Waals surface area contributed by atoms with E-state index in [0.29, 0.717) is 0 Å². The fourth-order valence-electron chi connectivity index (χ4n) is 2.83. The van der Waals surface area contributed by atoms with Crippen LogP contribution in [-0.2, 0) is 0 Å². The summed E-state index contributed by atoms with van der Waals surface area (Å²) in [5.74, 6) is 0. The molecule has 22 heavy (non-hydrogen) atoms. The van der Waals surface area contributed by atoms with Crippen LogP contribution in [0, 0.1) is 0 Å². The molecule has 0 N–H and O–H groups in total. The van der Waals surface area contributed by atoms with E-state index in [1.165, 1.54) is 16.6 Å². The van der Waals surface area contributed by atoms with Crippen LogP contribution in [-0.4, -0.2) is 12.4 Å². The lowest BCUT2D eigenvalue weighted by molar-refractivity contribution is 1.13. The second-order valence-electron chi connectivity index (χ2n) is 5.42. The minimum atomic E-state index is 0.796. The van der Waals surface area contributed by atoms with Crippen LogP contribution in [0.15, 0.2) is 85.1 Å². The molecule has 0 unspecified atom stereocenters. The molecule has 0 fully saturated rings. The monoisotopic (exact) mass is 279 g/mol. The Labute approximate surface area is 131 Å². The van der Waals surface area contributed by atoms with Gasteiger partial charge in [0.05, 0.1) is 5.52 Å². The molecule has 1 nitrogen and oxygen atoms in total. The molecule has 0 atom stereocenters. The fourth-order valence-corrected chi connectivity index (χ4v) is 2.83. The largest absolute Gasteiger partial charge is 0.317 e. The third-order valence-corrected chi connectivity index (χ3v) is 3.97. The number of aromatic nitrogens is 1. The fraction of sp³-hybridized carbons (Fsp3) is 0. The Morgan fingerprint density at radius 3 is 2.18 bits per heavy atom. The molecule has 0 aliphatic heterocycles. The maximum Gasteiger partial charge on any atom is 0.113 e. The molecule has 0 aliphatic carbocycles. The van der Waals surface area contributed by atoms with Gasteiger partial charge in [0, 0.05) is 11.9 Å². The normalized spacial score (nSPS) is 10.9. The smallest absolute Gasteiger partial charge is 0.113 e. The molecule has 2 heteroatoms. The Kier molecular flexibility index (Phi) is 3.08. The summed E-state index contributed by atoms with van der Waals surface area (Å²) in [6.07, 6.45) is 2.08. The number of hydrogen-bond donors (Lipinski definition) is 0. The van der Waals surface area contributed by atoms with Gasteiger partial charge >= 0.3 is 0 Å². The molecule has 4 aromatic rings. The van der Waals surface area contributed by atoms with Gasteiger partial charge in [-0.15, -0.1) is 0 Å². The molecule has 1 heterocycles. The summed E-state index contributed by atoms with van der Waals surface area (Å²) in [5.41, 5.74) is 5.58. The Hall–Kier alpha value is -2.74. The zero-order valence-electron chi connectivity index (χ0n) is 12.1. The van der Waals surface area contributed by atoms with Gasteiger partial charge in [-0.25, -0.2) is 0 Å². The molecule has 3 aromatic carbocycles. The van der Waals surface area contributed by atoms with E-state index in [0.717, 1.165) is 16.5 Å². The van der Waals surface area contributed by atoms with Crippen molar-refractivity contribution in [1.82, 2.24) is 4.57 Å². The molecule has 0 amide bonds. The first-order chi connectivity index (χ1) is 10.8. The molecular formula is C20H14BN. The van der Waals surface area contributed by atoms with Gasteiger partial charge in [-0.1, -0.05) is 60.1 Å². The van der Waals surface area contributed by atoms with Crippen LogP contribution in [0.5, 0.6) is 0 Å². The average Bonchev–Trinajstić information content (AvgIpc) is 2.99. The number of hydrogen-bond acceptors (Lipinski definition) is 0. The molecule has 0 saturated carbocycles. The second-order valence-corrected chi connectivity index (χ2v) is 5.42. The Morgan fingerprint density at radius 1 is 0.682 bits per heavy atom. The lowest BCUT2D eigenvalue weighted by Crippen LogP contribution is -2.00. The van der Waals surface area contributed by atoms with E-state index in [1.807, 2.05) is 18.2 Å². The topological polar surface area (TPSA) is 4.93 Å². The number of rotatable bonds is 2. The van der Waals surface area contributed by atoms with Gasteiger partial charge in [-0.05, 0) is 40.8 Å². The van der Waals surface area contributed by atoms with Crippen LogP contribution in [0.25, 0.3) is 27.7 Å². The van der Waals surface area contributed by atoms with E-state index in [1.54, 1.807) is 0 Å². The molecule has 2 radical (unpaired) electrons. The predicted octanol–water partition coefficient (Wildman–Crippen LogP) is 4.09. The molecule has 0 bridgehead atoms.